The predicted octanol–water partition coefficient (Wildman–Crippen LogP) is 6.27. The Hall–Kier alpha value is -5.44. The first-order chi connectivity index (χ1) is 20.9. The largest absolute Gasteiger partial charge is 0.493 e. The van der Waals surface area contributed by atoms with Gasteiger partial charge in [-0.25, -0.2) is 9.18 Å². The number of hydrogen-bond acceptors (Lipinski definition) is 7. The van der Waals surface area contributed by atoms with Gasteiger partial charge in [0.05, 0.1) is 21.3 Å². The van der Waals surface area contributed by atoms with Crippen molar-refractivity contribution in [1.29, 1.82) is 0 Å². The fourth-order valence-corrected chi connectivity index (χ4v) is 4.86. The van der Waals surface area contributed by atoms with Gasteiger partial charge in [0.15, 0.2) is 23.1 Å². The Kier molecular flexibility index (Phi) is 8.52. The number of hydrogen-bond donors (Lipinski definition) is 1. The lowest BCUT2D eigenvalue weighted by atomic mass is 9.89. The lowest BCUT2D eigenvalue weighted by Gasteiger charge is -2.25. The molecule has 0 saturated carbocycles. The third-order valence-electron chi connectivity index (χ3n) is 7.05. The maximum absolute atomic E-state index is 14.9. The highest BCUT2D eigenvalue weighted by Gasteiger charge is 2.39. The molecule has 0 spiro atoms. The van der Waals surface area contributed by atoms with Crippen LogP contribution in [0.25, 0.3) is 0 Å². The van der Waals surface area contributed by atoms with E-state index in [9.17, 15) is 14.0 Å². The van der Waals surface area contributed by atoms with Crippen LogP contribution in [0.1, 0.15) is 33.2 Å². The summed E-state index contributed by atoms with van der Waals surface area (Å²) in [7, 11) is 4.28. The molecule has 0 fully saturated rings. The van der Waals surface area contributed by atoms with E-state index in [1.807, 2.05) is 30.3 Å². The van der Waals surface area contributed by atoms with E-state index in [0.29, 0.717) is 33.9 Å². The van der Waals surface area contributed by atoms with Crippen LogP contribution >= 0.6 is 0 Å². The topological polar surface area (TPSA) is 95.5 Å². The van der Waals surface area contributed by atoms with Crippen LogP contribution in [-0.2, 0) is 15.1 Å². The van der Waals surface area contributed by atoms with Gasteiger partial charge in [-0.15, -0.1) is 0 Å². The molecule has 9 heteroatoms. The fraction of sp³-hybridized carbons (Fsp3) is 0.147. The van der Waals surface area contributed by atoms with E-state index >= 15 is 0 Å². The van der Waals surface area contributed by atoms with Gasteiger partial charge in [-0.2, -0.15) is 0 Å². The van der Waals surface area contributed by atoms with Crippen LogP contribution in [0.3, 0.4) is 0 Å². The number of allylic oxidation sites excluding steroid dienone is 1. The summed E-state index contributed by atoms with van der Waals surface area (Å²) in [6.07, 6.45) is 4.03. The fourth-order valence-electron chi connectivity index (χ4n) is 4.86. The van der Waals surface area contributed by atoms with E-state index in [0.717, 1.165) is 0 Å². The zero-order chi connectivity index (χ0) is 30.4. The summed E-state index contributed by atoms with van der Waals surface area (Å²) in [6.45, 7) is 0. The number of halogens is 1. The van der Waals surface area contributed by atoms with E-state index < -0.39 is 29.3 Å². The molecule has 4 aromatic carbocycles. The second kappa shape index (κ2) is 12.6. The standard InChI is InChI=1S/C34H29FN2O6/c1-40-29-16-14-23(20-30(29)41-2)34(18-9-19-36-34)33(39)37-24-15-17-28(26(21-24)32(38)42-3)43-31(22-10-5-4-6-11-22)25-12-7-8-13-27(25)35/h4-21,31H,1-3H3,(H,37,39). The number of anilines is 1. The second-order valence-corrected chi connectivity index (χ2v) is 9.56. The van der Waals surface area contributed by atoms with Gasteiger partial charge in [-0.05, 0) is 59.7 Å². The van der Waals surface area contributed by atoms with Crippen molar-refractivity contribution >= 4 is 23.8 Å². The Morgan fingerprint density at radius 1 is 0.837 bits per heavy atom. The van der Waals surface area contributed by atoms with E-state index in [4.69, 9.17) is 18.9 Å². The summed E-state index contributed by atoms with van der Waals surface area (Å²) in [5.41, 5.74) is 0.492. The number of amides is 1. The first-order valence-corrected chi connectivity index (χ1v) is 13.4. The molecule has 2 atom stereocenters. The van der Waals surface area contributed by atoms with Crippen LogP contribution in [0.4, 0.5) is 10.1 Å². The second-order valence-electron chi connectivity index (χ2n) is 9.56. The molecule has 0 aliphatic carbocycles. The van der Waals surface area contributed by atoms with Crippen molar-refractivity contribution in [3.63, 3.8) is 0 Å². The summed E-state index contributed by atoms with van der Waals surface area (Å²) in [5.74, 6) is -0.515. The molecule has 0 aromatic heterocycles. The maximum atomic E-state index is 14.9. The van der Waals surface area contributed by atoms with Crippen molar-refractivity contribution in [1.82, 2.24) is 0 Å². The van der Waals surface area contributed by atoms with Crippen LogP contribution in [0, 0.1) is 5.82 Å². The molecule has 5 rings (SSSR count). The van der Waals surface area contributed by atoms with Crippen LogP contribution in [0.15, 0.2) is 108 Å². The Bertz CT molecular complexity index is 1690. The number of carbonyl (C=O) groups excluding carboxylic acids is 2. The molecule has 4 aromatic rings. The molecule has 1 N–H and O–H groups in total. The molecule has 8 nitrogen and oxygen atoms in total. The van der Waals surface area contributed by atoms with Gasteiger partial charge in [0, 0.05) is 17.5 Å². The maximum Gasteiger partial charge on any atom is 0.341 e. The molecule has 2 unspecified atom stereocenters. The number of carbonyl (C=O) groups is 2. The highest BCUT2D eigenvalue weighted by atomic mass is 19.1. The summed E-state index contributed by atoms with van der Waals surface area (Å²) < 4.78 is 37.0. The lowest BCUT2D eigenvalue weighted by molar-refractivity contribution is -0.119. The molecule has 1 aliphatic heterocycles. The smallest absolute Gasteiger partial charge is 0.341 e. The summed E-state index contributed by atoms with van der Waals surface area (Å²) >= 11 is 0. The van der Waals surface area contributed by atoms with Gasteiger partial charge in [0.25, 0.3) is 5.91 Å². The molecule has 0 saturated heterocycles. The minimum absolute atomic E-state index is 0.0446. The van der Waals surface area contributed by atoms with E-state index in [1.165, 1.54) is 39.5 Å². The van der Waals surface area contributed by atoms with Crippen molar-refractivity contribution in [3.05, 3.63) is 131 Å². The van der Waals surface area contributed by atoms with Crippen LogP contribution in [-0.4, -0.2) is 39.4 Å². The molecule has 1 heterocycles. The van der Waals surface area contributed by atoms with Crippen molar-refractivity contribution in [2.75, 3.05) is 26.6 Å². The van der Waals surface area contributed by atoms with Gasteiger partial charge in [-0.1, -0.05) is 54.6 Å². The number of nitrogens with zero attached hydrogens (tertiary/aromatic N) is 1. The van der Waals surface area contributed by atoms with Crippen molar-refractivity contribution in [2.45, 2.75) is 11.6 Å². The molecule has 218 valence electrons. The molecule has 0 radical (unpaired) electrons. The molecule has 0 bridgehead atoms. The quantitative estimate of drug-likeness (QED) is 0.222. The summed E-state index contributed by atoms with van der Waals surface area (Å²) in [5, 5.41) is 2.86. The van der Waals surface area contributed by atoms with Crippen molar-refractivity contribution in [3.8, 4) is 17.2 Å². The third kappa shape index (κ3) is 5.83. The number of benzene rings is 4. The van der Waals surface area contributed by atoms with E-state index in [2.05, 4.69) is 10.3 Å². The van der Waals surface area contributed by atoms with Gasteiger partial charge < -0.3 is 24.3 Å². The van der Waals surface area contributed by atoms with Crippen molar-refractivity contribution in [2.24, 2.45) is 4.99 Å². The first kappa shape index (κ1) is 29.1. The number of methoxy groups -OCH3 is 3. The van der Waals surface area contributed by atoms with Gasteiger partial charge in [0.1, 0.15) is 17.1 Å². The zero-order valence-corrected chi connectivity index (χ0v) is 23.7. The normalized spacial score (nSPS) is 15.9. The number of ether oxygens (including phenoxy) is 4. The number of nitrogens with one attached hydrogen (secondary N) is 1. The Morgan fingerprint density at radius 2 is 1.56 bits per heavy atom. The minimum atomic E-state index is -1.39. The number of esters is 1. The minimum Gasteiger partial charge on any atom is -0.493 e. The number of rotatable bonds is 10. The Labute approximate surface area is 248 Å². The van der Waals surface area contributed by atoms with Gasteiger partial charge in [-0.3, -0.25) is 9.79 Å². The Morgan fingerprint density at radius 3 is 2.23 bits per heavy atom. The SMILES string of the molecule is COC(=O)c1cc(NC(=O)C2(c3ccc(OC)c(OC)c3)C=CC=N2)ccc1OC(c1ccccc1)c1ccccc1F. The average Bonchev–Trinajstić information content (AvgIpc) is 3.56. The molecule has 1 amide bonds. The monoisotopic (exact) mass is 580 g/mol. The third-order valence-corrected chi connectivity index (χ3v) is 7.05. The lowest BCUT2D eigenvalue weighted by Crippen LogP contribution is -2.36. The Balaban J connectivity index is 1.49. The van der Waals surface area contributed by atoms with E-state index in [-0.39, 0.29) is 11.3 Å². The highest BCUT2D eigenvalue weighted by molar-refractivity contribution is 6.04. The molecular formula is C34H29FN2O6. The highest BCUT2D eigenvalue weighted by Crippen LogP contribution is 2.38. The van der Waals surface area contributed by atoms with Crippen molar-refractivity contribution < 1.29 is 32.9 Å². The summed E-state index contributed by atoms with van der Waals surface area (Å²) in [6, 6.07) is 25.1. The average molecular weight is 581 g/mol. The first-order valence-electron chi connectivity index (χ1n) is 13.4. The molecular weight excluding hydrogens is 551 g/mol. The van der Waals surface area contributed by atoms with Crippen LogP contribution in [0.2, 0.25) is 0 Å². The predicted molar refractivity (Wildman–Crippen MR) is 161 cm³/mol. The van der Waals surface area contributed by atoms with Crippen LogP contribution < -0.4 is 19.5 Å². The molecule has 1 aliphatic rings. The van der Waals surface area contributed by atoms with Gasteiger partial charge in [0.2, 0.25) is 0 Å². The van der Waals surface area contributed by atoms with Gasteiger partial charge >= 0.3 is 5.97 Å². The molecule has 43 heavy (non-hydrogen) atoms. The number of aliphatic imine (C=N–C) groups is 1. The zero-order valence-electron chi connectivity index (χ0n) is 23.7. The van der Waals surface area contributed by atoms with E-state index in [1.54, 1.807) is 60.8 Å². The van der Waals surface area contributed by atoms with Crippen LogP contribution in [0.5, 0.6) is 17.2 Å². The summed E-state index contributed by atoms with van der Waals surface area (Å²) in [4.78, 5) is 31.2.